The van der Waals surface area contributed by atoms with Gasteiger partial charge in [-0.15, -0.1) is 0 Å². The lowest BCUT2D eigenvalue weighted by atomic mass is 9.99. The summed E-state index contributed by atoms with van der Waals surface area (Å²) >= 11 is 0. The number of hydrogen-bond acceptors (Lipinski definition) is 2. The van der Waals surface area contributed by atoms with Crippen LogP contribution in [0.25, 0.3) is 0 Å². The van der Waals surface area contributed by atoms with Gasteiger partial charge in [0, 0.05) is 6.54 Å². The molecule has 0 atom stereocenters. The van der Waals surface area contributed by atoms with Crippen LogP contribution in [0, 0.1) is 5.92 Å². The highest BCUT2D eigenvalue weighted by Crippen LogP contribution is 2.19. The molecule has 0 saturated carbocycles. The van der Waals surface area contributed by atoms with E-state index in [0.29, 0.717) is 0 Å². The van der Waals surface area contributed by atoms with Crippen molar-refractivity contribution in [2.75, 3.05) is 20.2 Å². The lowest BCUT2D eigenvalue weighted by Gasteiger charge is -2.30. The van der Waals surface area contributed by atoms with Crippen molar-refractivity contribution in [2.24, 2.45) is 5.92 Å². The Labute approximate surface area is 112 Å². The molecule has 1 aromatic rings. The van der Waals surface area contributed by atoms with Crippen LogP contribution in [-0.4, -0.2) is 25.1 Å². The molecular weight excluding hydrogens is 222 g/mol. The van der Waals surface area contributed by atoms with E-state index in [1.165, 1.54) is 31.5 Å². The fourth-order valence-corrected chi connectivity index (χ4v) is 2.25. The number of likely N-dealkylation sites (tertiary alicyclic amines) is 1. The molecule has 1 aromatic carbocycles. The van der Waals surface area contributed by atoms with E-state index >= 15 is 0 Å². The predicted molar refractivity (Wildman–Crippen MR) is 78.0 cm³/mol. The maximum atomic E-state index is 5.24. The molecular formula is C16H27NO. The molecule has 0 spiro atoms. The molecule has 1 saturated heterocycles. The summed E-state index contributed by atoms with van der Waals surface area (Å²) in [4.78, 5) is 2.54. The predicted octanol–water partition coefficient (Wildman–Crippen LogP) is 3.95. The second-order valence-electron chi connectivity index (χ2n) is 4.81. The number of rotatable bonds is 3. The summed E-state index contributed by atoms with van der Waals surface area (Å²) in [7, 11) is 1.72. The van der Waals surface area contributed by atoms with Gasteiger partial charge in [-0.2, -0.15) is 0 Å². The molecule has 1 heterocycles. The van der Waals surface area contributed by atoms with Crippen LogP contribution in [0.3, 0.4) is 0 Å². The van der Waals surface area contributed by atoms with Crippen molar-refractivity contribution < 1.29 is 4.74 Å². The van der Waals surface area contributed by atoms with E-state index in [4.69, 9.17) is 4.74 Å². The molecule has 0 N–H and O–H groups in total. The highest BCUT2D eigenvalue weighted by Gasteiger charge is 2.15. The molecule has 2 heteroatoms. The van der Waals surface area contributed by atoms with Gasteiger partial charge in [0.1, 0.15) is 5.75 Å². The summed E-state index contributed by atoms with van der Waals surface area (Å²) in [6, 6.07) is 8.39. The molecule has 1 aliphatic heterocycles. The molecule has 2 nitrogen and oxygen atoms in total. The summed E-state index contributed by atoms with van der Waals surface area (Å²) in [5.41, 5.74) is 1.36. The fraction of sp³-hybridized carbons (Fsp3) is 0.625. The highest BCUT2D eigenvalue weighted by atomic mass is 16.5. The van der Waals surface area contributed by atoms with Gasteiger partial charge in [0.15, 0.2) is 0 Å². The van der Waals surface area contributed by atoms with E-state index < -0.39 is 0 Å². The third kappa shape index (κ3) is 4.69. The molecule has 0 aliphatic carbocycles. The zero-order chi connectivity index (χ0) is 13.4. The second kappa shape index (κ2) is 8.15. The Balaban J connectivity index is 0.000000771. The molecule has 0 aromatic heterocycles. The Kier molecular flexibility index (Phi) is 6.81. The Morgan fingerprint density at radius 2 is 1.89 bits per heavy atom. The van der Waals surface area contributed by atoms with E-state index in [1.54, 1.807) is 7.11 Å². The van der Waals surface area contributed by atoms with Gasteiger partial charge in [-0.1, -0.05) is 32.9 Å². The molecule has 0 unspecified atom stereocenters. The quantitative estimate of drug-likeness (QED) is 0.804. The highest BCUT2D eigenvalue weighted by molar-refractivity contribution is 5.28. The molecule has 0 radical (unpaired) electrons. The first kappa shape index (κ1) is 15.0. The van der Waals surface area contributed by atoms with E-state index in [1.807, 2.05) is 19.9 Å². The molecule has 0 amide bonds. The van der Waals surface area contributed by atoms with Crippen molar-refractivity contribution in [1.82, 2.24) is 4.90 Å². The molecule has 102 valence electrons. The van der Waals surface area contributed by atoms with Gasteiger partial charge in [0.25, 0.3) is 0 Å². The Bertz CT molecular complexity index is 330. The van der Waals surface area contributed by atoms with Crippen LogP contribution < -0.4 is 4.74 Å². The van der Waals surface area contributed by atoms with Crippen molar-refractivity contribution >= 4 is 0 Å². The lowest BCUT2D eigenvalue weighted by Crippen LogP contribution is -2.32. The van der Waals surface area contributed by atoms with Gasteiger partial charge in [0.05, 0.1) is 7.11 Å². The maximum absolute atomic E-state index is 5.24. The van der Waals surface area contributed by atoms with Gasteiger partial charge < -0.3 is 4.74 Å². The van der Waals surface area contributed by atoms with Crippen LogP contribution in [0.15, 0.2) is 24.3 Å². The van der Waals surface area contributed by atoms with Gasteiger partial charge >= 0.3 is 0 Å². The smallest absolute Gasteiger partial charge is 0.119 e. The zero-order valence-electron chi connectivity index (χ0n) is 12.3. The van der Waals surface area contributed by atoms with Crippen LogP contribution in [-0.2, 0) is 6.54 Å². The number of nitrogens with zero attached hydrogens (tertiary/aromatic N) is 1. The Hall–Kier alpha value is -1.02. The number of ether oxygens (including phenoxy) is 1. The van der Waals surface area contributed by atoms with Crippen molar-refractivity contribution in [3.63, 3.8) is 0 Å². The second-order valence-corrected chi connectivity index (χ2v) is 4.81. The van der Waals surface area contributed by atoms with Gasteiger partial charge in [-0.25, -0.2) is 0 Å². The van der Waals surface area contributed by atoms with Crippen LogP contribution in [0.1, 0.15) is 39.2 Å². The van der Waals surface area contributed by atoms with Crippen LogP contribution in [0.4, 0.5) is 0 Å². The average Bonchev–Trinajstić information content (AvgIpc) is 2.44. The number of piperidine rings is 1. The minimum absolute atomic E-state index is 0.904. The molecule has 2 rings (SSSR count). The molecule has 1 fully saturated rings. The average molecular weight is 249 g/mol. The topological polar surface area (TPSA) is 12.5 Å². The summed E-state index contributed by atoms with van der Waals surface area (Å²) in [5, 5.41) is 0. The largest absolute Gasteiger partial charge is 0.497 e. The third-order valence-electron chi connectivity index (χ3n) is 3.42. The van der Waals surface area contributed by atoms with Crippen LogP contribution in [0.2, 0.25) is 0 Å². The fourth-order valence-electron chi connectivity index (χ4n) is 2.25. The summed E-state index contributed by atoms with van der Waals surface area (Å²) < 4.78 is 5.24. The van der Waals surface area contributed by atoms with Crippen LogP contribution in [0.5, 0.6) is 5.75 Å². The zero-order valence-corrected chi connectivity index (χ0v) is 12.3. The van der Waals surface area contributed by atoms with Crippen molar-refractivity contribution in [3.8, 4) is 5.75 Å². The van der Waals surface area contributed by atoms with Crippen LogP contribution >= 0.6 is 0 Å². The standard InChI is InChI=1S/C14H21NO.C2H6/c1-12-6-8-15(9-7-12)11-13-4-3-5-14(10-13)16-2;1-2/h3-5,10,12H,6-9,11H2,1-2H3;1-2H3. The first-order chi connectivity index (χ1) is 8.78. The summed E-state index contributed by atoms with van der Waals surface area (Å²) in [6.45, 7) is 9.88. The maximum Gasteiger partial charge on any atom is 0.119 e. The Morgan fingerprint density at radius 1 is 1.22 bits per heavy atom. The Morgan fingerprint density at radius 3 is 2.50 bits per heavy atom. The molecule has 0 bridgehead atoms. The van der Waals surface area contributed by atoms with E-state index in [9.17, 15) is 0 Å². The van der Waals surface area contributed by atoms with Gasteiger partial charge in [-0.05, 0) is 49.5 Å². The SMILES string of the molecule is CC.COc1cccc(CN2CCC(C)CC2)c1. The third-order valence-corrected chi connectivity index (χ3v) is 3.42. The van der Waals surface area contributed by atoms with Crippen molar-refractivity contribution in [1.29, 1.82) is 0 Å². The van der Waals surface area contributed by atoms with Crippen molar-refractivity contribution in [3.05, 3.63) is 29.8 Å². The van der Waals surface area contributed by atoms with Gasteiger partial charge in [0.2, 0.25) is 0 Å². The first-order valence-electron chi connectivity index (χ1n) is 7.13. The number of benzene rings is 1. The van der Waals surface area contributed by atoms with Crippen molar-refractivity contribution in [2.45, 2.75) is 40.2 Å². The first-order valence-corrected chi connectivity index (χ1v) is 7.13. The van der Waals surface area contributed by atoms with E-state index in [2.05, 4.69) is 30.0 Å². The van der Waals surface area contributed by atoms with Gasteiger partial charge in [-0.3, -0.25) is 4.90 Å². The summed E-state index contributed by atoms with van der Waals surface area (Å²) in [6.07, 6.45) is 2.67. The normalized spacial score (nSPS) is 16.9. The number of hydrogen-bond donors (Lipinski definition) is 0. The minimum Gasteiger partial charge on any atom is -0.497 e. The number of methoxy groups -OCH3 is 1. The van der Waals surface area contributed by atoms with E-state index in [-0.39, 0.29) is 0 Å². The summed E-state index contributed by atoms with van der Waals surface area (Å²) in [5.74, 6) is 1.87. The molecule has 1 aliphatic rings. The lowest BCUT2D eigenvalue weighted by molar-refractivity contribution is 0.185. The monoisotopic (exact) mass is 249 g/mol. The minimum atomic E-state index is 0.904. The van der Waals surface area contributed by atoms with E-state index in [0.717, 1.165) is 18.2 Å². The molecule has 18 heavy (non-hydrogen) atoms.